The van der Waals surface area contributed by atoms with Crippen molar-refractivity contribution in [2.75, 3.05) is 37.7 Å². The standard InChI is InChI=1S/C31H29N7O5S/c1-2-43-27-17-25(19-33-21-27)9-8-24-16-26(20-32-18-24)31(40)38-14-12-37(13-15-38)29-11-10-28(34-35-29)30(39)36-44(41,42)22-23-6-4-3-5-7-23/h3-7,10-11,16-21H,2,12-15,22H2,1H3,(H,36,39). The smallest absolute Gasteiger partial charge is 0.285 e. The van der Waals surface area contributed by atoms with Crippen LogP contribution >= 0.6 is 0 Å². The quantitative estimate of drug-likeness (QED) is 0.294. The molecule has 1 fully saturated rings. The van der Waals surface area contributed by atoms with Crippen LogP contribution in [-0.2, 0) is 15.8 Å². The van der Waals surface area contributed by atoms with Gasteiger partial charge in [0.05, 0.1) is 24.1 Å². The highest BCUT2D eigenvalue weighted by Gasteiger charge is 2.24. The summed E-state index contributed by atoms with van der Waals surface area (Å²) in [5.41, 5.74) is 2.16. The zero-order valence-corrected chi connectivity index (χ0v) is 24.7. The second-order valence-corrected chi connectivity index (χ2v) is 11.5. The SMILES string of the molecule is CCOc1cncc(C#Cc2cncc(C(=O)N3CCN(c4ccc(C(=O)NS(=O)(=O)Cc5ccccc5)nn4)CC3)c2)c1. The van der Waals surface area contributed by atoms with E-state index in [4.69, 9.17) is 4.74 Å². The lowest BCUT2D eigenvalue weighted by atomic mass is 10.1. The van der Waals surface area contributed by atoms with Gasteiger partial charge >= 0.3 is 0 Å². The molecule has 1 saturated heterocycles. The molecule has 0 unspecified atom stereocenters. The van der Waals surface area contributed by atoms with Gasteiger partial charge in [0.25, 0.3) is 11.8 Å². The van der Waals surface area contributed by atoms with Crippen LogP contribution in [0, 0.1) is 11.8 Å². The Bertz CT molecular complexity index is 1800. The molecule has 13 heteroatoms. The maximum Gasteiger partial charge on any atom is 0.285 e. The molecule has 1 aliphatic rings. The molecule has 1 aromatic carbocycles. The Morgan fingerprint density at radius 3 is 2.27 bits per heavy atom. The van der Waals surface area contributed by atoms with Gasteiger partial charge in [0, 0.05) is 55.9 Å². The Labute approximate surface area is 255 Å². The van der Waals surface area contributed by atoms with Crippen molar-refractivity contribution in [2.24, 2.45) is 0 Å². The van der Waals surface area contributed by atoms with Crippen molar-refractivity contribution in [3.8, 4) is 17.6 Å². The first-order valence-corrected chi connectivity index (χ1v) is 15.5. The van der Waals surface area contributed by atoms with E-state index in [2.05, 4.69) is 32.0 Å². The Morgan fingerprint density at radius 2 is 1.59 bits per heavy atom. The number of nitrogens with zero attached hydrogens (tertiary/aromatic N) is 6. The molecule has 224 valence electrons. The number of aromatic nitrogens is 4. The second kappa shape index (κ2) is 13.7. The number of amides is 2. The summed E-state index contributed by atoms with van der Waals surface area (Å²) in [5, 5.41) is 8.05. The van der Waals surface area contributed by atoms with E-state index in [0.29, 0.717) is 66.6 Å². The normalized spacial score (nSPS) is 13.0. The molecule has 0 aliphatic carbocycles. The number of benzene rings is 1. The lowest BCUT2D eigenvalue weighted by molar-refractivity contribution is 0.0745. The number of anilines is 1. The molecule has 1 aliphatic heterocycles. The maximum atomic E-state index is 13.2. The highest BCUT2D eigenvalue weighted by molar-refractivity contribution is 7.89. The van der Waals surface area contributed by atoms with Crippen molar-refractivity contribution in [3.63, 3.8) is 0 Å². The summed E-state index contributed by atoms with van der Waals surface area (Å²) in [6.07, 6.45) is 6.39. The Balaban J connectivity index is 1.15. The van der Waals surface area contributed by atoms with Gasteiger partial charge in [-0.05, 0) is 36.8 Å². The van der Waals surface area contributed by atoms with Gasteiger partial charge < -0.3 is 14.5 Å². The minimum atomic E-state index is -3.91. The molecule has 12 nitrogen and oxygen atoms in total. The van der Waals surface area contributed by atoms with Gasteiger partial charge in [0.15, 0.2) is 11.5 Å². The molecule has 0 saturated carbocycles. The van der Waals surface area contributed by atoms with Crippen LogP contribution in [0.4, 0.5) is 5.82 Å². The number of pyridine rings is 2. The molecule has 3 aromatic heterocycles. The minimum Gasteiger partial charge on any atom is -0.492 e. The van der Waals surface area contributed by atoms with Crippen molar-refractivity contribution in [1.82, 2.24) is 29.8 Å². The van der Waals surface area contributed by atoms with Crippen LogP contribution in [0.3, 0.4) is 0 Å². The summed E-state index contributed by atoms with van der Waals surface area (Å²) in [4.78, 5) is 37.7. The fraction of sp³-hybridized carbons (Fsp3) is 0.226. The van der Waals surface area contributed by atoms with Crippen molar-refractivity contribution < 1.29 is 22.7 Å². The lowest BCUT2D eigenvalue weighted by Gasteiger charge is -2.35. The van der Waals surface area contributed by atoms with E-state index in [1.54, 1.807) is 72.0 Å². The molecule has 0 atom stereocenters. The van der Waals surface area contributed by atoms with E-state index in [0.717, 1.165) is 0 Å². The molecule has 0 spiro atoms. The summed E-state index contributed by atoms with van der Waals surface area (Å²) in [6, 6.07) is 15.1. The molecule has 0 bridgehead atoms. The monoisotopic (exact) mass is 611 g/mol. The average Bonchev–Trinajstić information content (AvgIpc) is 3.04. The first-order valence-electron chi connectivity index (χ1n) is 13.8. The van der Waals surface area contributed by atoms with Crippen LogP contribution < -0.4 is 14.4 Å². The third kappa shape index (κ3) is 7.93. The summed E-state index contributed by atoms with van der Waals surface area (Å²) in [5.74, 6) is 5.87. The fourth-order valence-corrected chi connectivity index (χ4v) is 5.55. The summed E-state index contributed by atoms with van der Waals surface area (Å²) in [6.45, 7) is 4.29. The molecule has 44 heavy (non-hydrogen) atoms. The average molecular weight is 612 g/mol. The molecular weight excluding hydrogens is 582 g/mol. The van der Waals surface area contributed by atoms with Gasteiger partial charge in [-0.3, -0.25) is 19.6 Å². The van der Waals surface area contributed by atoms with Crippen molar-refractivity contribution >= 4 is 27.7 Å². The number of hydrogen-bond donors (Lipinski definition) is 1. The third-order valence-corrected chi connectivity index (χ3v) is 7.79. The van der Waals surface area contributed by atoms with Gasteiger partial charge in [0.1, 0.15) is 5.75 Å². The highest BCUT2D eigenvalue weighted by atomic mass is 32.2. The van der Waals surface area contributed by atoms with Gasteiger partial charge in [-0.15, -0.1) is 10.2 Å². The highest BCUT2D eigenvalue weighted by Crippen LogP contribution is 2.16. The van der Waals surface area contributed by atoms with Crippen LogP contribution in [0.2, 0.25) is 0 Å². The largest absolute Gasteiger partial charge is 0.492 e. The van der Waals surface area contributed by atoms with Crippen LogP contribution in [0.25, 0.3) is 0 Å². The van der Waals surface area contributed by atoms with Crippen molar-refractivity contribution in [2.45, 2.75) is 12.7 Å². The van der Waals surface area contributed by atoms with E-state index in [1.807, 2.05) is 16.5 Å². The van der Waals surface area contributed by atoms with E-state index < -0.39 is 15.9 Å². The van der Waals surface area contributed by atoms with Gasteiger partial charge in [0.2, 0.25) is 10.0 Å². The number of carbonyl (C=O) groups is 2. The Morgan fingerprint density at radius 1 is 0.886 bits per heavy atom. The predicted octanol–water partition coefficient (Wildman–Crippen LogP) is 2.29. The summed E-state index contributed by atoms with van der Waals surface area (Å²) < 4.78 is 32.3. The first-order chi connectivity index (χ1) is 21.3. The van der Waals surface area contributed by atoms with Gasteiger partial charge in [-0.1, -0.05) is 42.2 Å². The van der Waals surface area contributed by atoms with E-state index in [9.17, 15) is 18.0 Å². The molecule has 1 N–H and O–H groups in total. The first kappa shape index (κ1) is 30.1. The Kier molecular flexibility index (Phi) is 9.41. The fourth-order valence-electron chi connectivity index (χ4n) is 4.46. The van der Waals surface area contributed by atoms with Crippen molar-refractivity contribution in [3.05, 3.63) is 107 Å². The number of rotatable bonds is 8. The second-order valence-electron chi connectivity index (χ2n) is 9.79. The number of ether oxygens (including phenoxy) is 1. The van der Waals surface area contributed by atoms with E-state index in [1.165, 1.54) is 12.3 Å². The number of hydrogen-bond acceptors (Lipinski definition) is 10. The third-order valence-electron chi connectivity index (χ3n) is 6.58. The van der Waals surface area contributed by atoms with Crippen LogP contribution in [0.15, 0.2) is 79.4 Å². The molecule has 2 amide bonds. The van der Waals surface area contributed by atoms with Gasteiger partial charge in [-0.25, -0.2) is 13.1 Å². The predicted molar refractivity (Wildman–Crippen MR) is 162 cm³/mol. The van der Waals surface area contributed by atoms with E-state index >= 15 is 0 Å². The number of nitrogens with one attached hydrogen (secondary N) is 1. The van der Waals surface area contributed by atoms with Crippen molar-refractivity contribution in [1.29, 1.82) is 0 Å². The molecule has 4 aromatic rings. The van der Waals surface area contributed by atoms with Crippen LogP contribution in [0.1, 0.15) is 44.5 Å². The lowest BCUT2D eigenvalue weighted by Crippen LogP contribution is -2.49. The summed E-state index contributed by atoms with van der Waals surface area (Å²) >= 11 is 0. The Hall–Kier alpha value is -5.35. The maximum absolute atomic E-state index is 13.2. The molecular formula is C31H29N7O5S. The van der Waals surface area contributed by atoms with Crippen LogP contribution in [-0.4, -0.2) is 78.1 Å². The number of carbonyl (C=O) groups excluding carboxylic acids is 2. The molecule has 4 heterocycles. The van der Waals surface area contributed by atoms with Gasteiger partial charge in [-0.2, -0.15) is 0 Å². The van der Waals surface area contributed by atoms with E-state index in [-0.39, 0.29) is 17.4 Å². The summed E-state index contributed by atoms with van der Waals surface area (Å²) in [7, 11) is -3.91. The molecule has 0 radical (unpaired) electrons. The zero-order chi connectivity index (χ0) is 30.9. The zero-order valence-electron chi connectivity index (χ0n) is 23.9. The number of piperazine rings is 1. The van der Waals surface area contributed by atoms with Crippen LogP contribution in [0.5, 0.6) is 5.75 Å². The molecule has 5 rings (SSSR count). The topological polar surface area (TPSA) is 148 Å². The number of sulfonamides is 1. The minimum absolute atomic E-state index is 0.118.